The molecule has 5 nitrogen and oxygen atoms in total. The lowest BCUT2D eigenvalue weighted by atomic mass is 10.1. The first-order valence-electron chi connectivity index (χ1n) is 7.06. The van der Waals surface area contributed by atoms with E-state index in [2.05, 4.69) is 35.9 Å². The topological polar surface area (TPSA) is 56.4 Å². The van der Waals surface area contributed by atoms with E-state index in [0.717, 1.165) is 24.3 Å². The van der Waals surface area contributed by atoms with E-state index >= 15 is 0 Å². The molecule has 0 aliphatic heterocycles. The van der Waals surface area contributed by atoms with Crippen LogP contribution in [0.2, 0.25) is 0 Å². The third-order valence-electron chi connectivity index (χ3n) is 3.00. The van der Waals surface area contributed by atoms with Gasteiger partial charge in [-0.05, 0) is 45.3 Å². The fourth-order valence-corrected chi connectivity index (χ4v) is 1.88. The van der Waals surface area contributed by atoms with E-state index in [1.807, 2.05) is 37.2 Å². The first-order valence-corrected chi connectivity index (χ1v) is 7.06. The molecule has 0 saturated carbocycles. The minimum absolute atomic E-state index is 0.167. The molecular formula is C15H26N4O. The number of likely N-dealkylation sites (N-methyl/N-ethyl adjacent to an activating group) is 1. The van der Waals surface area contributed by atoms with Crippen LogP contribution in [0.25, 0.3) is 0 Å². The second kappa shape index (κ2) is 8.55. The van der Waals surface area contributed by atoms with Gasteiger partial charge in [0.15, 0.2) is 0 Å². The summed E-state index contributed by atoms with van der Waals surface area (Å²) < 4.78 is 0. The monoisotopic (exact) mass is 278 g/mol. The van der Waals surface area contributed by atoms with Crippen LogP contribution >= 0.6 is 0 Å². The molecule has 1 unspecified atom stereocenters. The number of carbonyl (C=O) groups is 1. The van der Waals surface area contributed by atoms with Crippen LogP contribution in [0.1, 0.15) is 25.5 Å². The zero-order chi connectivity index (χ0) is 15.0. The maximum absolute atomic E-state index is 11.7. The second-order valence-electron chi connectivity index (χ2n) is 5.09. The number of hydrogen-bond donors (Lipinski definition) is 3. The standard InChI is InChI=1S/C15H26N4O/c1-5-16-12(2)13-7-6-8-14(11-13)18-15(20)17-9-10-19(3)4/h6-8,11-12,16H,5,9-10H2,1-4H3,(H2,17,18,20). The predicted octanol–water partition coefficient (Wildman–Crippen LogP) is 2.04. The first kappa shape index (κ1) is 16.5. The molecule has 0 bridgehead atoms. The number of benzene rings is 1. The summed E-state index contributed by atoms with van der Waals surface area (Å²) in [5, 5.41) is 9.04. The van der Waals surface area contributed by atoms with Crippen LogP contribution in [-0.2, 0) is 0 Å². The molecule has 0 heterocycles. The van der Waals surface area contributed by atoms with Gasteiger partial charge in [0.25, 0.3) is 0 Å². The Hall–Kier alpha value is -1.59. The van der Waals surface area contributed by atoms with Gasteiger partial charge in [-0.15, -0.1) is 0 Å². The van der Waals surface area contributed by atoms with Gasteiger partial charge in [-0.3, -0.25) is 0 Å². The van der Waals surface area contributed by atoms with Crippen molar-refractivity contribution in [2.75, 3.05) is 39.0 Å². The third-order valence-corrected chi connectivity index (χ3v) is 3.00. The van der Waals surface area contributed by atoms with Gasteiger partial charge in [-0.1, -0.05) is 19.1 Å². The van der Waals surface area contributed by atoms with Crippen molar-refractivity contribution in [1.29, 1.82) is 0 Å². The highest BCUT2D eigenvalue weighted by atomic mass is 16.2. The van der Waals surface area contributed by atoms with Crippen LogP contribution in [0.15, 0.2) is 24.3 Å². The molecule has 0 aromatic heterocycles. The van der Waals surface area contributed by atoms with Crippen molar-refractivity contribution in [1.82, 2.24) is 15.5 Å². The molecule has 0 fully saturated rings. The predicted molar refractivity (Wildman–Crippen MR) is 84.1 cm³/mol. The lowest BCUT2D eigenvalue weighted by Crippen LogP contribution is -2.34. The van der Waals surface area contributed by atoms with Crippen LogP contribution in [0.3, 0.4) is 0 Å². The first-order chi connectivity index (χ1) is 9.52. The van der Waals surface area contributed by atoms with Crippen molar-refractivity contribution in [3.05, 3.63) is 29.8 Å². The molecule has 0 spiro atoms. The van der Waals surface area contributed by atoms with Gasteiger partial charge in [0.2, 0.25) is 0 Å². The van der Waals surface area contributed by atoms with Crippen LogP contribution in [0.4, 0.5) is 10.5 Å². The Labute approximate surface area is 121 Å². The Bertz CT molecular complexity index is 420. The number of hydrogen-bond acceptors (Lipinski definition) is 3. The molecule has 20 heavy (non-hydrogen) atoms. The number of anilines is 1. The van der Waals surface area contributed by atoms with Gasteiger partial charge in [0.05, 0.1) is 0 Å². The van der Waals surface area contributed by atoms with E-state index in [4.69, 9.17) is 0 Å². The van der Waals surface area contributed by atoms with Gasteiger partial charge in [0.1, 0.15) is 0 Å². The van der Waals surface area contributed by atoms with Crippen LogP contribution in [0.5, 0.6) is 0 Å². The summed E-state index contributed by atoms with van der Waals surface area (Å²) in [7, 11) is 3.95. The van der Waals surface area contributed by atoms with E-state index in [9.17, 15) is 4.79 Å². The van der Waals surface area contributed by atoms with Crippen molar-refractivity contribution in [3.8, 4) is 0 Å². The highest BCUT2D eigenvalue weighted by molar-refractivity contribution is 5.89. The number of nitrogens with one attached hydrogen (secondary N) is 3. The fourth-order valence-electron chi connectivity index (χ4n) is 1.88. The molecular weight excluding hydrogens is 252 g/mol. The summed E-state index contributed by atoms with van der Waals surface area (Å²) in [5.41, 5.74) is 1.98. The van der Waals surface area contributed by atoms with E-state index in [1.165, 1.54) is 0 Å². The van der Waals surface area contributed by atoms with E-state index in [1.54, 1.807) is 0 Å². The lowest BCUT2D eigenvalue weighted by molar-refractivity contribution is 0.250. The Morgan fingerprint density at radius 3 is 2.75 bits per heavy atom. The molecule has 0 radical (unpaired) electrons. The average molecular weight is 278 g/mol. The van der Waals surface area contributed by atoms with Gasteiger partial charge in [-0.25, -0.2) is 4.79 Å². The van der Waals surface area contributed by atoms with Gasteiger partial charge in [0, 0.05) is 24.8 Å². The summed E-state index contributed by atoms with van der Waals surface area (Å²) in [6.07, 6.45) is 0. The Morgan fingerprint density at radius 2 is 2.10 bits per heavy atom. The molecule has 0 aliphatic rings. The quantitative estimate of drug-likeness (QED) is 0.715. The van der Waals surface area contributed by atoms with Gasteiger partial charge >= 0.3 is 6.03 Å². The van der Waals surface area contributed by atoms with E-state index in [0.29, 0.717) is 6.54 Å². The minimum atomic E-state index is -0.167. The molecule has 1 aromatic carbocycles. The number of carbonyl (C=O) groups excluding carboxylic acids is 1. The maximum atomic E-state index is 11.7. The van der Waals surface area contributed by atoms with E-state index < -0.39 is 0 Å². The van der Waals surface area contributed by atoms with Crippen molar-refractivity contribution in [3.63, 3.8) is 0 Å². The smallest absolute Gasteiger partial charge is 0.319 e. The molecule has 3 N–H and O–H groups in total. The molecule has 112 valence electrons. The Morgan fingerprint density at radius 1 is 1.35 bits per heavy atom. The molecule has 5 heteroatoms. The van der Waals surface area contributed by atoms with Gasteiger partial charge < -0.3 is 20.9 Å². The number of nitrogens with zero attached hydrogens (tertiary/aromatic N) is 1. The van der Waals surface area contributed by atoms with Crippen molar-refractivity contribution >= 4 is 11.7 Å². The minimum Gasteiger partial charge on any atom is -0.337 e. The lowest BCUT2D eigenvalue weighted by Gasteiger charge is -2.15. The molecule has 0 saturated heterocycles. The summed E-state index contributed by atoms with van der Waals surface area (Å²) in [6.45, 7) is 6.57. The highest BCUT2D eigenvalue weighted by Gasteiger charge is 2.06. The molecule has 1 rings (SSSR count). The zero-order valence-corrected chi connectivity index (χ0v) is 12.9. The van der Waals surface area contributed by atoms with Crippen molar-refractivity contribution in [2.45, 2.75) is 19.9 Å². The summed E-state index contributed by atoms with van der Waals surface area (Å²) in [5.74, 6) is 0. The molecule has 2 amide bonds. The molecule has 0 aliphatic carbocycles. The number of amides is 2. The third kappa shape index (κ3) is 6.04. The number of urea groups is 1. The average Bonchev–Trinajstić information content (AvgIpc) is 2.38. The summed E-state index contributed by atoms with van der Waals surface area (Å²) in [6, 6.07) is 8.02. The summed E-state index contributed by atoms with van der Waals surface area (Å²) in [4.78, 5) is 13.8. The summed E-state index contributed by atoms with van der Waals surface area (Å²) >= 11 is 0. The Kier molecular flexibility index (Phi) is 7.04. The maximum Gasteiger partial charge on any atom is 0.319 e. The number of rotatable bonds is 7. The normalized spacial score (nSPS) is 12.2. The largest absolute Gasteiger partial charge is 0.337 e. The van der Waals surface area contributed by atoms with Crippen molar-refractivity contribution < 1.29 is 4.79 Å². The van der Waals surface area contributed by atoms with Crippen LogP contribution in [-0.4, -0.2) is 44.7 Å². The fraction of sp³-hybridized carbons (Fsp3) is 0.533. The van der Waals surface area contributed by atoms with Crippen LogP contribution < -0.4 is 16.0 Å². The Balaban J connectivity index is 2.51. The van der Waals surface area contributed by atoms with E-state index in [-0.39, 0.29) is 12.1 Å². The SMILES string of the molecule is CCNC(C)c1cccc(NC(=O)NCCN(C)C)c1. The van der Waals surface area contributed by atoms with Gasteiger partial charge in [-0.2, -0.15) is 0 Å². The van der Waals surface area contributed by atoms with Crippen molar-refractivity contribution in [2.24, 2.45) is 0 Å². The zero-order valence-electron chi connectivity index (χ0n) is 12.9. The molecule has 1 atom stereocenters. The van der Waals surface area contributed by atoms with Crippen LogP contribution in [0, 0.1) is 0 Å². The second-order valence-corrected chi connectivity index (χ2v) is 5.09. The highest BCUT2D eigenvalue weighted by Crippen LogP contribution is 2.17. The molecule has 1 aromatic rings.